The fourth-order valence-corrected chi connectivity index (χ4v) is 4.49. The Labute approximate surface area is 175 Å². The van der Waals surface area contributed by atoms with Gasteiger partial charge in [-0.25, -0.2) is 5.32 Å². The Morgan fingerprint density at radius 2 is 1.93 bits per heavy atom. The molecule has 5 rings (SSSR count). The number of aryl methyl sites for hydroxylation is 1. The van der Waals surface area contributed by atoms with E-state index in [1.54, 1.807) is 0 Å². The van der Waals surface area contributed by atoms with E-state index in [4.69, 9.17) is 4.42 Å². The number of carbonyl (C=O) groups is 1. The van der Waals surface area contributed by atoms with Gasteiger partial charge >= 0.3 is 12.0 Å². The van der Waals surface area contributed by atoms with E-state index in [1.807, 2.05) is 36.4 Å². The van der Waals surface area contributed by atoms with Crippen LogP contribution in [0.25, 0.3) is 11.1 Å². The zero-order chi connectivity index (χ0) is 20.9. The van der Waals surface area contributed by atoms with E-state index < -0.39 is 0 Å². The van der Waals surface area contributed by atoms with E-state index in [9.17, 15) is 4.79 Å². The smallest absolute Gasteiger partial charge is 0.365 e. The van der Waals surface area contributed by atoms with Crippen LogP contribution in [0.1, 0.15) is 37.4 Å². The van der Waals surface area contributed by atoms with Crippen LogP contribution in [0.2, 0.25) is 0 Å². The van der Waals surface area contributed by atoms with Gasteiger partial charge in [0.15, 0.2) is 5.58 Å². The number of carbonyl (C=O) groups excluding carboxylic acids is 1. The maximum atomic E-state index is 13.1. The zero-order valence-corrected chi connectivity index (χ0v) is 17.3. The van der Waals surface area contributed by atoms with Gasteiger partial charge in [-0.05, 0) is 41.7 Å². The quantitative estimate of drug-likeness (QED) is 0.615. The Balaban J connectivity index is 1.57. The van der Waals surface area contributed by atoms with Crippen molar-refractivity contribution in [3.05, 3.63) is 71.4 Å². The summed E-state index contributed by atoms with van der Waals surface area (Å²) < 4.78 is 5.82. The molecule has 1 aliphatic carbocycles. The van der Waals surface area contributed by atoms with E-state index in [2.05, 4.69) is 59.6 Å². The molecule has 3 N–H and O–H groups in total. The number of hydrogen-bond donors (Lipinski definition) is 3. The minimum Gasteiger partial charge on any atom is -0.412 e. The van der Waals surface area contributed by atoms with Gasteiger partial charge in [-0.1, -0.05) is 50.2 Å². The predicted molar refractivity (Wildman–Crippen MR) is 116 cm³/mol. The molecule has 30 heavy (non-hydrogen) atoms. The molecule has 0 saturated heterocycles. The van der Waals surface area contributed by atoms with Crippen molar-refractivity contribution < 1.29 is 14.2 Å². The third kappa shape index (κ3) is 3.28. The fraction of sp³-hybridized carbons (Fsp3) is 0.292. The third-order valence-corrected chi connectivity index (χ3v) is 5.81. The minimum atomic E-state index is -0.256. The lowest BCUT2D eigenvalue weighted by molar-refractivity contribution is -0.522. The topological polar surface area (TPSA) is 81.1 Å². The van der Waals surface area contributed by atoms with Crippen LogP contribution in [0, 0.1) is 18.3 Å². The van der Waals surface area contributed by atoms with Crippen molar-refractivity contribution in [2.75, 3.05) is 5.32 Å². The Bertz CT molecular complexity index is 1170. The summed E-state index contributed by atoms with van der Waals surface area (Å²) in [5.74, 6) is 0.641. The van der Waals surface area contributed by atoms with Gasteiger partial charge in [0.2, 0.25) is 0 Å². The number of anilines is 1. The first-order chi connectivity index (χ1) is 14.4. The first kappa shape index (κ1) is 18.6. The summed E-state index contributed by atoms with van der Waals surface area (Å²) in [7, 11) is 0. The van der Waals surface area contributed by atoms with Gasteiger partial charge < -0.3 is 4.42 Å². The summed E-state index contributed by atoms with van der Waals surface area (Å²) in [5, 5.41) is 6.62. The number of guanidine groups is 1. The second-order valence-electron chi connectivity index (χ2n) is 8.80. The number of nitrogens with zero attached hydrogens (tertiary/aromatic N) is 1. The lowest BCUT2D eigenvalue weighted by Gasteiger charge is -2.36. The number of hydrogen-bond acceptors (Lipinski definition) is 5. The van der Waals surface area contributed by atoms with Gasteiger partial charge in [0.1, 0.15) is 23.3 Å². The second kappa shape index (κ2) is 6.83. The molecule has 0 saturated carbocycles. The molecule has 2 aromatic carbocycles. The molecule has 2 atom stereocenters. The van der Waals surface area contributed by atoms with Crippen molar-refractivity contribution >= 4 is 28.9 Å². The van der Waals surface area contributed by atoms with Gasteiger partial charge in [0.25, 0.3) is 0 Å². The maximum absolute atomic E-state index is 13.1. The van der Waals surface area contributed by atoms with Crippen LogP contribution >= 0.6 is 0 Å². The molecule has 0 radical (unpaired) electrons. The second-order valence-corrected chi connectivity index (χ2v) is 8.80. The first-order valence-electron chi connectivity index (χ1n) is 10.2. The van der Waals surface area contributed by atoms with Crippen molar-refractivity contribution in [3.8, 4) is 0 Å². The number of fused-ring (bicyclic) bond motifs is 2. The summed E-state index contributed by atoms with van der Waals surface area (Å²) in [5.41, 5.74) is 4.50. The Morgan fingerprint density at radius 3 is 2.73 bits per heavy atom. The molecule has 6 heteroatoms. The van der Waals surface area contributed by atoms with Gasteiger partial charge in [-0.15, -0.1) is 0 Å². The number of benzene rings is 2. The van der Waals surface area contributed by atoms with E-state index >= 15 is 0 Å². The van der Waals surface area contributed by atoms with Crippen molar-refractivity contribution in [1.29, 1.82) is 0 Å². The van der Waals surface area contributed by atoms with Gasteiger partial charge in [-0.3, -0.25) is 9.79 Å². The summed E-state index contributed by atoms with van der Waals surface area (Å²) in [4.78, 5) is 21.1. The van der Waals surface area contributed by atoms with Crippen molar-refractivity contribution in [3.63, 3.8) is 0 Å². The third-order valence-electron chi connectivity index (χ3n) is 5.81. The number of aromatic nitrogens is 1. The van der Waals surface area contributed by atoms with Gasteiger partial charge in [0.05, 0.1) is 5.70 Å². The molecule has 2 heterocycles. The van der Waals surface area contributed by atoms with Crippen LogP contribution in [0.5, 0.6) is 0 Å². The summed E-state index contributed by atoms with van der Waals surface area (Å²) in [6.45, 7) is 6.26. The zero-order valence-electron chi connectivity index (χ0n) is 17.3. The highest BCUT2D eigenvalue weighted by Gasteiger charge is 2.45. The van der Waals surface area contributed by atoms with E-state index in [0.717, 1.165) is 27.9 Å². The lowest BCUT2D eigenvalue weighted by atomic mass is 9.72. The highest BCUT2D eigenvalue weighted by atomic mass is 16.4. The maximum Gasteiger partial charge on any atom is 0.365 e. The molecule has 0 spiro atoms. The monoisotopic (exact) mass is 401 g/mol. The SMILES string of the molecule is Cc1ccccc1[C@@H]1[NH+]=C(Nc2nc3ccccc3o2)NC2=CC(C)(C)CC(=O)[C@H]21. The number of para-hydroxylation sites is 2. The fourth-order valence-electron chi connectivity index (χ4n) is 4.49. The highest BCUT2D eigenvalue weighted by Crippen LogP contribution is 2.39. The summed E-state index contributed by atoms with van der Waals surface area (Å²) in [6, 6.07) is 16.1. The molecular formula is C24H25N4O2+. The molecule has 0 bridgehead atoms. The molecule has 0 amide bonds. The molecule has 1 aliphatic heterocycles. The standard InChI is InChI=1S/C24H24N4O2/c1-14-8-4-5-9-15(14)21-20-17(12-24(2,3)13-18(20)29)25-22(27-21)28-23-26-16-10-6-7-11-19(16)30-23/h4-12,20-21H,13H2,1-3H3,(H2,25,26,27,28)/p+1/t20-,21-/m0/s1. The van der Waals surface area contributed by atoms with Crippen molar-refractivity contribution in [1.82, 2.24) is 10.3 Å². The molecule has 0 unspecified atom stereocenters. The van der Waals surface area contributed by atoms with Crippen LogP contribution < -0.4 is 15.6 Å². The van der Waals surface area contributed by atoms with Gasteiger partial charge in [0, 0.05) is 6.42 Å². The molecule has 0 fully saturated rings. The van der Waals surface area contributed by atoms with E-state index in [-0.39, 0.29) is 23.2 Å². The van der Waals surface area contributed by atoms with Crippen LogP contribution in [0.15, 0.2) is 64.7 Å². The van der Waals surface area contributed by atoms with Crippen molar-refractivity contribution in [2.24, 2.45) is 11.3 Å². The van der Waals surface area contributed by atoms with E-state index in [1.165, 1.54) is 0 Å². The summed E-state index contributed by atoms with van der Waals surface area (Å²) >= 11 is 0. The largest absolute Gasteiger partial charge is 0.412 e. The number of oxazole rings is 1. The molecular weight excluding hydrogens is 376 g/mol. The lowest BCUT2D eigenvalue weighted by Crippen LogP contribution is -2.84. The van der Waals surface area contributed by atoms with Gasteiger partial charge in [-0.2, -0.15) is 10.3 Å². The Morgan fingerprint density at radius 1 is 1.17 bits per heavy atom. The molecule has 6 nitrogen and oxygen atoms in total. The highest BCUT2D eigenvalue weighted by molar-refractivity contribution is 5.94. The molecule has 3 aromatic rings. The van der Waals surface area contributed by atoms with Crippen LogP contribution in [0.3, 0.4) is 0 Å². The van der Waals surface area contributed by atoms with Crippen LogP contribution in [-0.4, -0.2) is 16.7 Å². The van der Waals surface area contributed by atoms with Crippen LogP contribution in [-0.2, 0) is 4.79 Å². The molecule has 2 aliphatic rings. The van der Waals surface area contributed by atoms with E-state index in [0.29, 0.717) is 18.4 Å². The average Bonchev–Trinajstić information content (AvgIpc) is 3.08. The molecule has 152 valence electrons. The summed E-state index contributed by atoms with van der Waals surface area (Å²) in [6.07, 6.45) is 2.71. The predicted octanol–water partition coefficient (Wildman–Crippen LogP) is 2.83. The minimum absolute atomic E-state index is 0.172. The number of nitrogens with one attached hydrogen (secondary N) is 3. The molecule has 1 aromatic heterocycles. The average molecular weight is 401 g/mol. The first-order valence-corrected chi connectivity index (χ1v) is 10.2. The number of ketones is 1. The van der Waals surface area contributed by atoms with Crippen LogP contribution in [0.4, 0.5) is 6.01 Å². The number of rotatable bonds is 2. The van der Waals surface area contributed by atoms with Crippen molar-refractivity contribution in [2.45, 2.75) is 33.2 Å². The Hall–Kier alpha value is -3.41. The Kier molecular flexibility index (Phi) is 4.24. The number of allylic oxidation sites excluding steroid dienone is 1. The normalized spacial score (nSPS) is 22.7. The number of Topliss-reactive ketones (excluding diaryl/α,β-unsaturated/α-hetero) is 1.